The highest BCUT2D eigenvalue weighted by molar-refractivity contribution is 6.22. The maximum Gasteiger partial charge on any atom is 0.251 e. The van der Waals surface area contributed by atoms with E-state index in [1.165, 1.54) is 6.07 Å². The van der Waals surface area contributed by atoms with E-state index >= 15 is 0 Å². The van der Waals surface area contributed by atoms with Gasteiger partial charge in [0.25, 0.3) is 5.91 Å². The van der Waals surface area contributed by atoms with Crippen LogP contribution in [-0.4, -0.2) is 31.4 Å². The number of nitrogens with one attached hydrogen (secondary N) is 1. The van der Waals surface area contributed by atoms with Gasteiger partial charge in [-0.3, -0.25) is 9.59 Å². The molecule has 0 spiro atoms. The lowest BCUT2D eigenvalue weighted by atomic mass is 9.74. The van der Waals surface area contributed by atoms with Crippen LogP contribution in [0.2, 0.25) is 0 Å². The second kappa shape index (κ2) is 7.75. The Balaban J connectivity index is 1.38. The molecule has 0 atom stereocenters. The highest BCUT2D eigenvalue weighted by Gasteiger charge is 2.35. The van der Waals surface area contributed by atoms with Crippen molar-refractivity contribution in [3.8, 4) is 11.1 Å². The molecule has 1 saturated heterocycles. The van der Waals surface area contributed by atoms with Gasteiger partial charge in [0.1, 0.15) is 5.82 Å². The Kier molecular flexibility index (Phi) is 4.91. The van der Waals surface area contributed by atoms with Crippen molar-refractivity contribution in [2.45, 2.75) is 18.3 Å². The molecule has 1 heterocycles. The Labute approximate surface area is 180 Å². The molecule has 2 aliphatic rings. The van der Waals surface area contributed by atoms with Crippen LogP contribution in [0.1, 0.15) is 44.7 Å². The van der Waals surface area contributed by atoms with Gasteiger partial charge in [-0.25, -0.2) is 4.39 Å². The number of halogens is 1. The SMILES string of the molecule is O=C(NCC1(c2cccc(F)c2)CCOCC1)c1ccc2c(c1)C(=O)c1ccccc1-2. The maximum atomic E-state index is 13.9. The van der Waals surface area contributed by atoms with Gasteiger partial charge in [0.2, 0.25) is 0 Å². The summed E-state index contributed by atoms with van der Waals surface area (Å²) < 4.78 is 19.4. The van der Waals surface area contributed by atoms with Crippen LogP contribution >= 0.6 is 0 Å². The van der Waals surface area contributed by atoms with Gasteiger partial charge < -0.3 is 10.1 Å². The maximum absolute atomic E-state index is 13.9. The fraction of sp³-hybridized carbons (Fsp3) is 0.231. The van der Waals surface area contributed by atoms with Gasteiger partial charge in [-0.2, -0.15) is 0 Å². The molecule has 1 fully saturated rings. The van der Waals surface area contributed by atoms with Gasteiger partial charge in [-0.1, -0.05) is 42.5 Å². The molecule has 0 aromatic heterocycles. The molecule has 0 radical (unpaired) electrons. The minimum absolute atomic E-state index is 0.0547. The first kappa shape index (κ1) is 19.6. The first-order valence-electron chi connectivity index (χ1n) is 10.5. The molecule has 3 aromatic rings. The molecule has 1 N–H and O–H groups in total. The number of benzene rings is 3. The topological polar surface area (TPSA) is 55.4 Å². The summed E-state index contributed by atoms with van der Waals surface area (Å²) in [5.41, 5.74) is 3.93. The normalized spacial score (nSPS) is 16.5. The summed E-state index contributed by atoms with van der Waals surface area (Å²) in [7, 11) is 0. The summed E-state index contributed by atoms with van der Waals surface area (Å²) in [6, 6.07) is 19.3. The van der Waals surface area contributed by atoms with Crippen molar-refractivity contribution in [1.82, 2.24) is 5.32 Å². The lowest BCUT2D eigenvalue weighted by molar-refractivity contribution is 0.0486. The van der Waals surface area contributed by atoms with E-state index in [0.717, 1.165) is 16.7 Å². The Morgan fingerprint density at radius 2 is 1.65 bits per heavy atom. The van der Waals surface area contributed by atoms with Gasteiger partial charge in [0.15, 0.2) is 5.78 Å². The minimum atomic E-state index is -0.376. The summed E-state index contributed by atoms with van der Waals surface area (Å²) >= 11 is 0. The van der Waals surface area contributed by atoms with Gasteiger partial charge in [-0.15, -0.1) is 0 Å². The quantitative estimate of drug-likeness (QED) is 0.533. The van der Waals surface area contributed by atoms with Gasteiger partial charge in [0, 0.05) is 41.9 Å². The molecule has 5 rings (SSSR count). The lowest BCUT2D eigenvalue weighted by Gasteiger charge is -2.38. The van der Waals surface area contributed by atoms with Crippen LogP contribution < -0.4 is 5.32 Å². The van der Waals surface area contributed by atoms with E-state index in [4.69, 9.17) is 4.74 Å². The molecule has 0 unspecified atom stereocenters. The van der Waals surface area contributed by atoms with Crippen LogP contribution in [0.25, 0.3) is 11.1 Å². The van der Waals surface area contributed by atoms with Crippen molar-refractivity contribution in [1.29, 1.82) is 0 Å². The Morgan fingerprint density at radius 1 is 0.903 bits per heavy atom. The summed E-state index contributed by atoms with van der Waals surface area (Å²) in [5.74, 6) is -0.582. The number of hydrogen-bond donors (Lipinski definition) is 1. The second-order valence-corrected chi connectivity index (χ2v) is 8.22. The van der Waals surface area contributed by atoms with E-state index in [2.05, 4.69) is 5.32 Å². The third-order valence-electron chi connectivity index (χ3n) is 6.46. The second-order valence-electron chi connectivity index (χ2n) is 8.22. The summed E-state index contributed by atoms with van der Waals surface area (Å²) in [5, 5.41) is 3.03. The lowest BCUT2D eigenvalue weighted by Crippen LogP contribution is -2.44. The molecular weight excluding hydrogens is 393 g/mol. The van der Waals surface area contributed by atoms with E-state index in [9.17, 15) is 14.0 Å². The first-order chi connectivity index (χ1) is 15.1. The third kappa shape index (κ3) is 3.45. The van der Waals surface area contributed by atoms with Gasteiger partial charge in [0.05, 0.1) is 0 Å². The molecule has 0 saturated carbocycles. The largest absolute Gasteiger partial charge is 0.381 e. The Hall–Kier alpha value is -3.31. The van der Waals surface area contributed by atoms with Crippen molar-refractivity contribution in [2.24, 2.45) is 0 Å². The van der Waals surface area contributed by atoms with E-state index in [1.54, 1.807) is 24.3 Å². The summed E-state index contributed by atoms with van der Waals surface area (Å²) in [6.45, 7) is 1.51. The van der Waals surface area contributed by atoms with Crippen LogP contribution in [0.4, 0.5) is 4.39 Å². The van der Waals surface area contributed by atoms with Crippen molar-refractivity contribution >= 4 is 11.7 Å². The molecule has 1 aliphatic heterocycles. The van der Waals surface area contributed by atoms with Gasteiger partial charge >= 0.3 is 0 Å². The number of amides is 1. The highest BCUT2D eigenvalue weighted by atomic mass is 19.1. The molecule has 4 nitrogen and oxygen atoms in total. The number of ketones is 1. The van der Waals surface area contributed by atoms with Crippen LogP contribution in [0.5, 0.6) is 0 Å². The van der Waals surface area contributed by atoms with Crippen LogP contribution in [0.3, 0.4) is 0 Å². The standard InChI is InChI=1S/C26H22FNO3/c27-19-5-3-4-18(15-19)26(10-12-31-13-11-26)16-28-25(30)17-8-9-21-20-6-1-2-7-22(20)24(29)23(21)14-17/h1-9,14-15H,10-13,16H2,(H,28,30). The zero-order chi connectivity index (χ0) is 21.4. The molecule has 3 aromatic carbocycles. The first-order valence-corrected chi connectivity index (χ1v) is 10.5. The van der Waals surface area contributed by atoms with E-state index in [-0.39, 0.29) is 22.9 Å². The van der Waals surface area contributed by atoms with Crippen molar-refractivity contribution in [3.63, 3.8) is 0 Å². The number of hydrogen-bond acceptors (Lipinski definition) is 3. The molecule has 1 aliphatic carbocycles. The molecule has 31 heavy (non-hydrogen) atoms. The Bertz CT molecular complexity index is 1180. The fourth-order valence-corrected chi connectivity index (χ4v) is 4.67. The average molecular weight is 415 g/mol. The van der Waals surface area contributed by atoms with Crippen LogP contribution in [0.15, 0.2) is 66.7 Å². The molecular formula is C26H22FNO3. The zero-order valence-electron chi connectivity index (χ0n) is 17.0. The number of ether oxygens (including phenoxy) is 1. The molecule has 0 bridgehead atoms. The number of carbonyl (C=O) groups is 2. The highest BCUT2D eigenvalue weighted by Crippen LogP contribution is 2.37. The zero-order valence-corrected chi connectivity index (χ0v) is 17.0. The Morgan fingerprint density at radius 3 is 2.42 bits per heavy atom. The third-order valence-corrected chi connectivity index (χ3v) is 6.46. The number of rotatable bonds is 4. The van der Waals surface area contributed by atoms with Gasteiger partial charge in [-0.05, 0) is 53.8 Å². The van der Waals surface area contributed by atoms with E-state index in [0.29, 0.717) is 49.3 Å². The smallest absolute Gasteiger partial charge is 0.251 e. The number of carbonyl (C=O) groups excluding carboxylic acids is 2. The molecule has 5 heteroatoms. The molecule has 156 valence electrons. The fourth-order valence-electron chi connectivity index (χ4n) is 4.67. The minimum Gasteiger partial charge on any atom is -0.381 e. The van der Waals surface area contributed by atoms with Crippen molar-refractivity contribution < 1.29 is 18.7 Å². The summed E-state index contributed by atoms with van der Waals surface area (Å²) in [6.07, 6.45) is 1.41. The van der Waals surface area contributed by atoms with E-state index in [1.807, 2.05) is 36.4 Å². The van der Waals surface area contributed by atoms with Crippen LogP contribution in [-0.2, 0) is 10.2 Å². The monoisotopic (exact) mass is 415 g/mol. The van der Waals surface area contributed by atoms with Crippen molar-refractivity contribution in [2.75, 3.05) is 19.8 Å². The number of fused-ring (bicyclic) bond motifs is 3. The van der Waals surface area contributed by atoms with E-state index < -0.39 is 0 Å². The molecule has 1 amide bonds. The average Bonchev–Trinajstić information content (AvgIpc) is 3.10. The predicted octanol–water partition coefficient (Wildman–Crippen LogP) is 4.52. The summed E-state index contributed by atoms with van der Waals surface area (Å²) in [4.78, 5) is 25.7. The van der Waals surface area contributed by atoms with Crippen LogP contribution in [0, 0.1) is 5.82 Å². The van der Waals surface area contributed by atoms with Crippen molar-refractivity contribution in [3.05, 3.63) is 94.8 Å². The predicted molar refractivity (Wildman–Crippen MR) is 116 cm³/mol.